The zero-order chi connectivity index (χ0) is 38.1. The van der Waals surface area contributed by atoms with Crippen LogP contribution in [-0.4, -0.2) is 203 Å². The number of amides is 1. The molecule has 318 valence electrons. The van der Waals surface area contributed by atoms with E-state index in [2.05, 4.69) is 10.1 Å². The van der Waals surface area contributed by atoms with E-state index in [0.717, 1.165) is 0 Å². The summed E-state index contributed by atoms with van der Waals surface area (Å²) in [4.78, 5) is 15.6. The van der Waals surface area contributed by atoms with E-state index in [0.29, 0.717) is 35.9 Å². The second-order valence-electron chi connectivity index (χ2n) is 6.26. The van der Waals surface area contributed by atoms with Crippen LogP contribution in [-0.2, 0) is 27.6 Å². The number of rotatable bonds is 6. The summed E-state index contributed by atoms with van der Waals surface area (Å²) in [6, 6.07) is 8.89. The Labute approximate surface area is 343 Å². The standard InChI is InChI=1S/C17H19N3O3.6FH.12H2O.6O.6Sb/c1-3-22-15-11-14(20-18)16(23-4-2)10-13(15)19-17(21)12-8-6-5-7-9-12;;;;;;;;;;;;;;;;;;;;;;;;;;;;;;/h5-11,16H,3-4H2,1-2H3,(H,19,21);6*1H;12*1H2;;;;;;;;;;;;/q;;;;;;;;;;;;;;;;;;;;;;;;;6*+2/p-12. The van der Waals surface area contributed by atoms with Crippen molar-refractivity contribution in [3.63, 3.8) is 0 Å². The molecule has 13 N–H and O–H groups in total. The molecule has 0 aliphatic heterocycles. The van der Waals surface area contributed by atoms with Crippen molar-refractivity contribution in [2.24, 2.45) is 0 Å². The van der Waals surface area contributed by atoms with Gasteiger partial charge in [-0.05, 0) is 32.1 Å². The van der Waals surface area contributed by atoms with Crippen molar-refractivity contribution in [1.82, 2.24) is 5.32 Å². The summed E-state index contributed by atoms with van der Waals surface area (Å²) in [7, 11) is 0. The van der Waals surface area contributed by atoms with E-state index in [1.165, 1.54) is 0 Å². The van der Waals surface area contributed by atoms with Gasteiger partial charge in [-0.2, -0.15) is 4.79 Å². The Kier molecular flexibility index (Phi) is 86.6. The van der Waals surface area contributed by atoms with Crippen LogP contribution in [0.25, 0.3) is 5.53 Å². The molecule has 2 rings (SSSR count). The Bertz CT molecular complexity index is 1170. The van der Waals surface area contributed by atoms with E-state index in [9.17, 15) is 4.79 Å². The first-order valence-electron chi connectivity index (χ1n) is 11.0. The molecule has 0 spiro atoms. The van der Waals surface area contributed by atoms with Crippen molar-refractivity contribution >= 4 is 138 Å². The number of nitrogens with zero attached hydrogens (tertiary/aromatic N) is 2. The van der Waals surface area contributed by atoms with Gasteiger partial charge in [0.05, 0.1) is 18.4 Å². The summed E-state index contributed by atoms with van der Waals surface area (Å²) in [6.45, 7) is 4.54. The summed E-state index contributed by atoms with van der Waals surface area (Å²) in [5.41, 5.74) is 10.5. The quantitative estimate of drug-likeness (QED) is 0.0545. The third kappa shape index (κ3) is 81.3. The molecule has 0 saturated carbocycles. The molecule has 0 bridgehead atoms. The molecule has 53 heavy (non-hydrogen) atoms. The molecule has 1 aliphatic carbocycles. The van der Waals surface area contributed by atoms with Gasteiger partial charge in [0.15, 0.2) is 6.10 Å². The Morgan fingerprint density at radius 1 is 0.660 bits per heavy atom. The van der Waals surface area contributed by atoms with Crippen LogP contribution in [0.4, 0.5) is 28.2 Å². The van der Waals surface area contributed by atoms with Crippen LogP contribution in [0.1, 0.15) is 24.2 Å². The third-order valence-corrected chi connectivity index (χ3v) is 3.20. The van der Waals surface area contributed by atoms with Crippen LogP contribution in [0.3, 0.4) is 0 Å². The van der Waals surface area contributed by atoms with E-state index >= 15 is 0 Å². The number of ether oxygens (including phenoxy) is 2. The van der Waals surface area contributed by atoms with Crippen LogP contribution < -0.4 is 5.32 Å². The van der Waals surface area contributed by atoms with Crippen LogP contribution in [0, 0.1) is 0 Å². The summed E-state index contributed by atoms with van der Waals surface area (Å²) in [6.07, 6.45) is 2.69. The van der Waals surface area contributed by atoms with Gasteiger partial charge in [-0.25, -0.2) is 0 Å². The van der Waals surface area contributed by atoms with Gasteiger partial charge in [0.25, 0.3) is 5.91 Å². The fourth-order valence-corrected chi connectivity index (χ4v) is 2.17. The van der Waals surface area contributed by atoms with Gasteiger partial charge in [0.2, 0.25) is 0 Å². The summed E-state index contributed by atoms with van der Waals surface area (Å²) >= 11 is -22.2. The Morgan fingerprint density at radius 2 is 0.981 bits per heavy atom. The molecule has 1 amide bonds. The molecule has 1 unspecified atom stereocenters. The van der Waals surface area contributed by atoms with Crippen LogP contribution in [0.2, 0.25) is 0 Å². The molecule has 0 heterocycles. The van der Waals surface area contributed by atoms with Crippen molar-refractivity contribution < 1.29 is 106 Å². The maximum atomic E-state index is 12.3. The van der Waals surface area contributed by atoms with Crippen LogP contribution >= 0.6 is 0 Å². The van der Waals surface area contributed by atoms with E-state index in [-0.39, 0.29) is 34.1 Å². The van der Waals surface area contributed by atoms with Crippen LogP contribution in [0.15, 0.2) is 53.9 Å². The zero-order valence-electron chi connectivity index (χ0n) is 26.1. The van der Waals surface area contributed by atoms with E-state index in [1.54, 1.807) is 36.4 Å². The van der Waals surface area contributed by atoms with E-state index in [4.69, 9.17) is 73.7 Å². The fourth-order valence-electron chi connectivity index (χ4n) is 2.17. The number of hydrogen-bond donors (Lipinski definition) is 13. The molecule has 0 fully saturated rings. The molecule has 6 radical (unpaired) electrons. The van der Waals surface area contributed by atoms with Gasteiger partial charge in [0.1, 0.15) is 5.76 Å². The molecule has 0 saturated heterocycles. The average Bonchev–Trinajstić information content (AvgIpc) is 2.89. The van der Waals surface area contributed by atoms with Crippen molar-refractivity contribution in [2.45, 2.75) is 20.0 Å². The summed E-state index contributed by atoms with van der Waals surface area (Å²) in [5.74, 6) is 0.183. The average molecular weight is 1460 g/mol. The van der Waals surface area contributed by atoms with E-state index < -0.39 is 132 Å². The van der Waals surface area contributed by atoms with Gasteiger partial charge < -0.3 is 20.3 Å². The summed E-state index contributed by atoms with van der Waals surface area (Å²) in [5, 5.41) is 2.82. The molecular weight excluding hydrogens is 1430 g/mol. The number of carbonyl (C=O) groups is 1. The molecule has 1 atom stereocenters. The normalized spacial score (nSPS) is 10.3. The molecule has 36 heteroatoms. The minimum absolute atomic E-state index is 0. The molecule has 0 aromatic heterocycles. The van der Waals surface area contributed by atoms with E-state index in [1.807, 2.05) is 19.9 Å². The SMILES string of the molecule is CCOC1=CC(=[N+]=[N-])C(OCC)C=C1NC(=O)c1ccccc1.F.F.F.F.F.F.[O]=[Sb]([OH])[OH].[O]=[Sb]([OH])[OH].[O]=[Sb]([OH])[OH].[O]=[Sb]([OH])[OH].[O]=[Sb]([OH])[OH].[O]=[Sb]([OH])[OH]. The zero-order valence-corrected chi connectivity index (χ0v) is 41.4. The van der Waals surface area contributed by atoms with Crippen molar-refractivity contribution in [3.8, 4) is 0 Å². The maximum absolute atomic E-state index is 12.3. The van der Waals surface area contributed by atoms with Gasteiger partial charge in [-0.3, -0.25) is 33.0 Å². The van der Waals surface area contributed by atoms with Crippen LogP contribution in [0.5, 0.6) is 0 Å². The molecular formula is C17H37F6N3O21Sb6. The van der Waals surface area contributed by atoms with Crippen molar-refractivity contribution in [3.05, 3.63) is 65.0 Å². The Hall–Kier alpha value is 0.119. The minimum atomic E-state index is -3.70. The number of carbonyl (C=O) groups excluding carboxylic acids is 1. The first-order chi connectivity index (χ1) is 21.6. The fraction of sp³-hybridized carbons (Fsp3) is 0.294. The first-order valence-corrected chi connectivity index (χ1v) is 30.9. The third-order valence-electron chi connectivity index (χ3n) is 3.20. The van der Waals surface area contributed by atoms with Crippen molar-refractivity contribution in [2.75, 3.05) is 13.2 Å². The second-order valence-corrected chi connectivity index (χ2v) is 14.9. The predicted octanol–water partition coefficient (Wildman–Crippen LogP) is -6.46. The Morgan fingerprint density at radius 3 is 1.25 bits per heavy atom. The molecule has 1 aromatic rings. The van der Waals surface area contributed by atoms with Gasteiger partial charge in [-0.15, -0.1) is 0 Å². The summed E-state index contributed by atoms with van der Waals surface area (Å²) < 4.78 is 151. The number of benzene rings is 1. The number of halogens is 6. The van der Waals surface area contributed by atoms with Gasteiger partial charge >= 0.3 is 191 Å². The molecule has 1 aliphatic rings. The monoisotopic (exact) mass is 1460 g/mol. The molecule has 24 nitrogen and oxygen atoms in total. The Balaban J connectivity index is -0.0000000545. The number of nitrogens with one attached hydrogen (secondary N) is 1. The second kappa shape index (κ2) is 56.4. The number of hydrogen-bond acceptors (Lipinski definition) is 9. The van der Waals surface area contributed by atoms with Gasteiger partial charge in [0, 0.05) is 12.2 Å². The topological polar surface area (TPSA) is 429 Å². The van der Waals surface area contributed by atoms with Crippen molar-refractivity contribution in [1.29, 1.82) is 0 Å². The first kappa shape index (κ1) is 81.3. The van der Waals surface area contributed by atoms with Gasteiger partial charge in [-0.1, -0.05) is 18.2 Å². The predicted molar refractivity (Wildman–Crippen MR) is 166 cm³/mol. The molecule has 1 aromatic carbocycles.